The number of rotatable bonds is 5. The van der Waals surface area contributed by atoms with E-state index in [2.05, 4.69) is 0 Å². The largest absolute Gasteiger partial charge is 0.389 e. The van der Waals surface area contributed by atoms with E-state index in [1.807, 2.05) is 6.92 Å². The van der Waals surface area contributed by atoms with Crippen molar-refractivity contribution in [2.45, 2.75) is 80.7 Å². The maximum Gasteiger partial charge on any atom is 0.236 e. The maximum absolute atomic E-state index is 11.9. The minimum atomic E-state index is -1.46. The molecule has 27 heavy (non-hydrogen) atoms. The molecule has 0 radical (unpaired) electrons. The summed E-state index contributed by atoms with van der Waals surface area (Å²) in [6.07, 6.45) is -5.27. The predicted molar refractivity (Wildman–Crippen MR) is 96.0 cm³/mol. The number of hydrogen-bond donors (Lipinski definition) is 7. The Kier molecular flexibility index (Phi) is 7.53. The first kappa shape index (κ1) is 22.4. The molecule has 0 aromatic carbocycles. The van der Waals surface area contributed by atoms with Crippen molar-refractivity contribution in [3.63, 3.8) is 0 Å². The van der Waals surface area contributed by atoms with Gasteiger partial charge in [-0.3, -0.25) is 4.79 Å². The number of carbonyl (C=O) groups is 1. The van der Waals surface area contributed by atoms with Crippen LogP contribution in [0.4, 0.5) is 0 Å². The van der Waals surface area contributed by atoms with E-state index in [1.54, 1.807) is 0 Å². The number of likely N-dealkylation sites (N-methyl/N-ethyl adjacent to an activating group) is 1. The molecular formula is C16H33N5O6. The zero-order valence-electron chi connectivity index (χ0n) is 15.7. The van der Waals surface area contributed by atoms with Crippen LogP contribution in [-0.2, 0) is 14.3 Å². The Bertz CT molecular complexity index is 512. The Morgan fingerprint density at radius 2 is 1.85 bits per heavy atom. The summed E-state index contributed by atoms with van der Waals surface area (Å²) in [5.74, 6) is -0.512. The normalized spacial score (nSPS) is 44.0. The van der Waals surface area contributed by atoms with Crippen molar-refractivity contribution in [2.24, 2.45) is 22.9 Å². The topological polar surface area (TPSA) is 204 Å². The average Bonchev–Trinajstić information content (AvgIpc) is 2.63. The molecule has 11 heteroatoms. The molecule has 0 spiro atoms. The molecule has 158 valence electrons. The SMILES string of the molecule is C[C@H](N)[C@@H]1CC[C@@H](N)[C@@H](O[C@@H]2[C@@H](N)[C@H](O)[C@H](O)[C@@H](N(C)C(=O)CN)[C@H]2O)O1. The molecule has 0 aromatic rings. The van der Waals surface area contributed by atoms with E-state index in [0.29, 0.717) is 12.8 Å². The van der Waals surface area contributed by atoms with Crippen molar-refractivity contribution in [1.29, 1.82) is 0 Å². The fourth-order valence-corrected chi connectivity index (χ4v) is 3.70. The van der Waals surface area contributed by atoms with E-state index in [-0.39, 0.29) is 18.7 Å². The summed E-state index contributed by atoms with van der Waals surface area (Å²) in [4.78, 5) is 13.0. The molecule has 1 heterocycles. The molecular weight excluding hydrogens is 358 g/mol. The number of nitrogens with zero attached hydrogens (tertiary/aromatic N) is 1. The lowest BCUT2D eigenvalue weighted by Gasteiger charge is -2.49. The monoisotopic (exact) mass is 391 g/mol. The third-order valence-electron chi connectivity index (χ3n) is 5.50. The lowest BCUT2D eigenvalue weighted by molar-refractivity contribution is -0.266. The molecule has 2 aliphatic rings. The summed E-state index contributed by atoms with van der Waals surface area (Å²) in [6.45, 7) is 1.50. The fourth-order valence-electron chi connectivity index (χ4n) is 3.70. The second-order valence-electron chi connectivity index (χ2n) is 7.49. The van der Waals surface area contributed by atoms with Gasteiger partial charge in [-0.25, -0.2) is 0 Å². The molecule has 0 aromatic heterocycles. The van der Waals surface area contributed by atoms with Gasteiger partial charge in [0.1, 0.15) is 18.3 Å². The lowest BCUT2D eigenvalue weighted by atomic mass is 9.81. The number of carbonyl (C=O) groups excluding carboxylic acids is 1. The van der Waals surface area contributed by atoms with E-state index in [4.69, 9.17) is 32.4 Å². The van der Waals surface area contributed by atoms with Gasteiger partial charge in [0, 0.05) is 13.1 Å². The summed E-state index contributed by atoms with van der Waals surface area (Å²) >= 11 is 0. The van der Waals surface area contributed by atoms with Crippen LogP contribution in [0, 0.1) is 0 Å². The van der Waals surface area contributed by atoms with Crippen molar-refractivity contribution in [3.05, 3.63) is 0 Å². The van der Waals surface area contributed by atoms with Crippen LogP contribution in [0.3, 0.4) is 0 Å². The van der Waals surface area contributed by atoms with Crippen molar-refractivity contribution < 1.29 is 29.6 Å². The van der Waals surface area contributed by atoms with Crippen molar-refractivity contribution in [1.82, 2.24) is 4.90 Å². The van der Waals surface area contributed by atoms with Crippen LogP contribution in [0.1, 0.15) is 19.8 Å². The van der Waals surface area contributed by atoms with Gasteiger partial charge in [0.15, 0.2) is 6.29 Å². The average molecular weight is 391 g/mol. The Hall–Kier alpha value is -0.890. The van der Waals surface area contributed by atoms with Crippen molar-refractivity contribution >= 4 is 5.91 Å². The van der Waals surface area contributed by atoms with Gasteiger partial charge in [0.25, 0.3) is 0 Å². The molecule has 1 aliphatic carbocycles. The quantitative estimate of drug-likeness (QED) is 0.240. The van der Waals surface area contributed by atoms with Gasteiger partial charge in [-0.1, -0.05) is 0 Å². The molecule has 1 saturated carbocycles. The van der Waals surface area contributed by atoms with Crippen LogP contribution in [-0.4, -0.2) is 101 Å². The number of amides is 1. The summed E-state index contributed by atoms with van der Waals surface area (Å²) in [7, 11) is 1.38. The third-order valence-corrected chi connectivity index (χ3v) is 5.50. The molecule has 0 unspecified atom stereocenters. The van der Waals surface area contributed by atoms with E-state index in [9.17, 15) is 20.1 Å². The van der Waals surface area contributed by atoms with Gasteiger partial charge in [-0.2, -0.15) is 0 Å². The standard InChI is InChI=1S/C16H33N5O6/c1-6(18)8-4-3-7(19)16(26-8)27-15-10(20)12(23)13(24)11(14(15)25)21(2)9(22)5-17/h6-8,10-16,23-25H,3-5,17-20H2,1-2H3/t6-,7+,8-,10-,11+,12-,13+,14+,15+,16+/m0/s1. The number of aliphatic hydroxyl groups is 3. The van der Waals surface area contributed by atoms with E-state index >= 15 is 0 Å². The van der Waals surface area contributed by atoms with Gasteiger partial charge in [-0.05, 0) is 19.8 Å². The minimum absolute atomic E-state index is 0.234. The van der Waals surface area contributed by atoms with Crippen LogP contribution >= 0.6 is 0 Å². The predicted octanol–water partition coefficient (Wildman–Crippen LogP) is -4.24. The van der Waals surface area contributed by atoms with Crippen LogP contribution in [0.2, 0.25) is 0 Å². The highest BCUT2D eigenvalue weighted by atomic mass is 16.7. The van der Waals surface area contributed by atoms with Crippen molar-refractivity contribution in [2.75, 3.05) is 13.6 Å². The van der Waals surface area contributed by atoms with Crippen LogP contribution in [0.25, 0.3) is 0 Å². The molecule has 0 bridgehead atoms. The summed E-state index contributed by atoms with van der Waals surface area (Å²) in [5.41, 5.74) is 23.3. The van der Waals surface area contributed by atoms with E-state index < -0.39 is 54.7 Å². The molecule has 11 nitrogen and oxygen atoms in total. The smallest absolute Gasteiger partial charge is 0.236 e. The second kappa shape index (κ2) is 9.07. The number of ether oxygens (including phenoxy) is 2. The number of hydrogen-bond acceptors (Lipinski definition) is 10. The Labute approximate surface area is 158 Å². The van der Waals surface area contributed by atoms with Gasteiger partial charge >= 0.3 is 0 Å². The van der Waals surface area contributed by atoms with Gasteiger partial charge < -0.3 is 52.6 Å². The molecule has 1 aliphatic heterocycles. The van der Waals surface area contributed by atoms with E-state index in [1.165, 1.54) is 7.05 Å². The van der Waals surface area contributed by atoms with Gasteiger partial charge in [0.05, 0.1) is 36.9 Å². The molecule has 2 fully saturated rings. The molecule has 1 amide bonds. The summed E-state index contributed by atoms with van der Waals surface area (Å²) in [6, 6.07) is -2.96. The maximum atomic E-state index is 11.9. The zero-order valence-corrected chi connectivity index (χ0v) is 15.7. The first-order chi connectivity index (χ1) is 12.6. The minimum Gasteiger partial charge on any atom is -0.389 e. The highest BCUT2D eigenvalue weighted by molar-refractivity contribution is 5.78. The zero-order chi connectivity index (χ0) is 20.5. The Morgan fingerprint density at radius 1 is 1.22 bits per heavy atom. The molecule has 2 rings (SSSR count). The summed E-state index contributed by atoms with van der Waals surface area (Å²) < 4.78 is 11.6. The second-order valence-corrected chi connectivity index (χ2v) is 7.49. The van der Waals surface area contributed by atoms with Gasteiger partial charge in [-0.15, -0.1) is 0 Å². The highest BCUT2D eigenvalue weighted by Crippen LogP contribution is 2.29. The van der Waals surface area contributed by atoms with Gasteiger partial charge in [0.2, 0.25) is 5.91 Å². The lowest BCUT2D eigenvalue weighted by Crippen LogP contribution is -2.72. The molecule has 11 N–H and O–H groups in total. The third kappa shape index (κ3) is 4.58. The van der Waals surface area contributed by atoms with Crippen molar-refractivity contribution in [3.8, 4) is 0 Å². The molecule has 1 saturated heterocycles. The summed E-state index contributed by atoms with van der Waals surface area (Å²) in [5, 5.41) is 31.4. The highest BCUT2D eigenvalue weighted by Gasteiger charge is 2.52. The van der Waals surface area contributed by atoms with E-state index in [0.717, 1.165) is 4.90 Å². The Balaban J connectivity index is 2.19. The van der Waals surface area contributed by atoms with Crippen LogP contribution in [0.15, 0.2) is 0 Å². The molecule has 10 atom stereocenters. The van der Waals surface area contributed by atoms with Crippen LogP contribution < -0.4 is 22.9 Å². The Morgan fingerprint density at radius 3 is 2.41 bits per heavy atom. The van der Waals surface area contributed by atoms with Crippen LogP contribution in [0.5, 0.6) is 0 Å². The number of nitrogens with two attached hydrogens (primary N) is 4. The first-order valence-corrected chi connectivity index (χ1v) is 9.17. The fraction of sp³-hybridized carbons (Fsp3) is 0.938. The first-order valence-electron chi connectivity index (χ1n) is 9.17. The number of aliphatic hydroxyl groups excluding tert-OH is 3.